The van der Waals surface area contributed by atoms with Crippen LogP contribution < -0.4 is 10.6 Å². The highest BCUT2D eigenvalue weighted by molar-refractivity contribution is 6.05. The van der Waals surface area contributed by atoms with Crippen LogP contribution in [0.5, 0.6) is 0 Å². The predicted octanol–water partition coefficient (Wildman–Crippen LogP) is 0.853. The molecule has 0 saturated carbocycles. The molecule has 1 atom stereocenters. The molecule has 0 radical (unpaired) electrons. The molecule has 1 saturated heterocycles. The van der Waals surface area contributed by atoms with E-state index in [2.05, 4.69) is 20.8 Å². The van der Waals surface area contributed by atoms with Crippen LogP contribution in [0.2, 0.25) is 0 Å². The number of amides is 3. The molecule has 4 rings (SSSR count). The maximum absolute atomic E-state index is 12.8. The van der Waals surface area contributed by atoms with Crippen LogP contribution >= 0.6 is 0 Å². The maximum atomic E-state index is 12.8. The monoisotopic (exact) mass is 362 g/mol. The number of fused-ring (bicyclic) bond motifs is 1. The van der Waals surface area contributed by atoms with Gasteiger partial charge in [-0.25, -0.2) is 0 Å². The first-order valence-electron chi connectivity index (χ1n) is 8.33. The van der Waals surface area contributed by atoms with Crippen LogP contribution in [0.3, 0.4) is 0 Å². The van der Waals surface area contributed by atoms with E-state index in [1.807, 2.05) is 12.1 Å². The van der Waals surface area contributed by atoms with Gasteiger partial charge in [-0.2, -0.15) is 5.26 Å². The number of hydrogen-bond acceptors (Lipinski definition) is 7. The van der Waals surface area contributed by atoms with Crippen molar-refractivity contribution in [1.29, 1.82) is 5.26 Å². The minimum absolute atomic E-state index is 0.213. The Hall–Kier alpha value is -3.80. The van der Waals surface area contributed by atoms with E-state index >= 15 is 0 Å². The van der Waals surface area contributed by atoms with E-state index in [4.69, 9.17) is 5.26 Å². The van der Waals surface area contributed by atoms with Crippen molar-refractivity contribution in [3.05, 3.63) is 47.2 Å². The number of piperidine rings is 1. The number of nitriles is 1. The van der Waals surface area contributed by atoms with Gasteiger partial charge in [-0.05, 0) is 36.2 Å². The molecule has 1 fully saturated rings. The fourth-order valence-corrected chi connectivity index (χ4v) is 3.24. The van der Waals surface area contributed by atoms with Crippen LogP contribution in [0.4, 0.5) is 11.5 Å². The second-order valence-electron chi connectivity index (χ2n) is 6.31. The summed E-state index contributed by atoms with van der Waals surface area (Å²) in [6.07, 6.45) is 0.553. The number of imide groups is 1. The number of carbonyl (C=O) groups excluding carboxylic acids is 3. The molecule has 3 amide bonds. The summed E-state index contributed by atoms with van der Waals surface area (Å²) in [6.45, 7) is 0.331. The molecule has 2 aromatic rings. The van der Waals surface area contributed by atoms with Gasteiger partial charge in [0.2, 0.25) is 11.8 Å². The molecule has 2 aliphatic rings. The SMILES string of the molecule is N#Cc1ccc(Nc2ccc3c(c2)C(=O)N(C2CCC(=O)NC2=O)C3)nn1. The van der Waals surface area contributed by atoms with Gasteiger partial charge >= 0.3 is 0 Å². The van der Waals surface area contributed by atoms with Crippen molar-refractivity contribution in [3.63, 3.8) is 0 Å². The molecule has 2 N–H and O–H groups in total. The Morgan fingerprint density at radius 1 is 1.19 bits per heavy atom. The smallest absolute Gasteiger partial charge is 0.255 e. The summed E-state index contributed by atoms with van der Waals surface area (Å²) in [5.74, 6) is -0.537. The lowest BCUT2D eigenvalue weighted by Crippen LogP contribution is -2.52. The highest BCUT2D eigenvalue weighted by Crippen LogP contribution is 2.30. The van der Waals surface area contributed by atoms with Crippen molar-refractivity contribution in [2.24, 2.45) is 0 Å². The minimum atomic E-state index is -0.636. The number of carbonyl (C=O) groups is 3. The van der Waals surface area contributed by atoms with Crippen molar-refractivity contribution in [2.45, 2.75) is 25.4 Å². The van der Waals surface area contributed by atoms with E-state index in [1.165, 1.54) is 4.90 Å². The zero-order chi connectivity index (χ0) is 19.0. The molecule has 2 aliphatic heterocycles. The molecule has 1 aromatic heterocycles. The fraction of sp³-hybridized carbons (Fsp3) is 0.222. The molecule has 9 heteroatoms. The first kappa shape index (κ1) is 16.7. The third-order valence-corrected chi connectivity index (χ3v) is 4.58. The van der Waals surface area contributed by atoms with Crippen molar-refractivity contribution in [1.82, 2.24) is 20.4 Å². The quantitative estimate of drug-likeness (QED) is 0.775. The lowest BCUT2D eigenvalue weighted by atomic mass is 10.0. The lowest BCUT2D eigenvalue weighted by molar-refractivity contribution is -0.136. The number of nitrogens with zero attached hydrogens (tertiary/aromatic N) is 4. The summed E-state index contributed by atoms with van der Waals surface area (Å²) >= 11 is 0. The van der Waals surface area contributed by atoms with Gasteiger partial charge < -0.3 is 10.2 Å². The zero-order valence-electron chi connectivity index (χ0n) is 14.1. The van der Waals surface area contributed by atoms with Crippen molar-refractivity contribution in [2.75, 3.05) is 5.32 Å². The lowest BCUT2D eigenvalue weighted by Gasteiger charge is -2.29. The Morgan fingerprint density at radius 2 is 2.04 bits per heavy atom. The zero-order valence-corrected chi connectivity index (χ0v) is 14.1. The highest BCUT2D eigenvalue weighted by atomic mass is 16.2. The largest absolute Gasteiger partial charge is 0.339 e. The molecule has 3 heterocycles. The molecular formula is C18H14N6O3. The Labute approximate surface area is 154 Å². The molecule has 1 unspecified atom stereocenters. The molecule has 0 spiro atoms. The normalized spacial score (nSPS) is 18.7. The van der Waals surface area contributed by atoms with Crippen molar-refractivity contribution >= 4 is 29.2 Å². The van der Waals surface area contributed by atoms with Gasteiger partial charge in [-0.15, -0.1) is 10.2 Å². The predicted molar refractivity (Wildman–Crippen MR) is 92.5 cm³/mol. The minimum Gasteiger partial charge on any atom is -0.339 e. The van der Waals surface area contributed by atoms with Crippen molar-refractivity contribution in [3.8, 4) is 6.07 Å². The van der Waals surface area contributed by atoms with Gasteiger partial charge in [0.15, 0.2) is 11.5 Å². The summed E-state index contributed by atoms with van der Waals surface area (Å²) in [7, 11) is 0. The maximum Gasteiger partial charge on any atom is 0.255 e. The number of anilines is 2. The van der Waals surface area contributed by atoms with E-state index in [0.717, 1.165) is 5.56 Å². The highest BCUT2D eigenvalue weighted by Gasteiger charge is 2.39. The van der Waals surface area contributed by atoms with Crippen LogP contribution in [0, 0.1) is 11.3 Å². The average molecular weight is 362 g/mol. The molecule has 1 aromatic carbocycles. The van der Waals surface area contributed by atoms with E-state index in [9.17, 15) is 14.4 Å². The summed E-state index contributed by atoms with van der Waals surface area (Å²) in [5, 5.41) is 21.7. The molecule has 27 heavy (non-hydrogen) atoms. The van der Waals surface area contributed by atoms with E-state index in [0.29, 0.717) is 30.0 Å². The Morgan fingerprint density at radius 3 is 2.74 bits per heavy atom. The molecule has 0 bridgehead atoms. The number of benzene rings is 1. The second kappa shape index (κ2) is 6.49. The Bertz CT molecular complexity index is 995. The van der Waals surface area contributed by atoms with Crippen LogP contribution in [-0.2, 0) is 16.1 Å². The summed E-state index contributed by atoms with van der Waals surface area (Å²) < 4.78 is 0. The standard InChI is InChI=1S/C18H14N6O3/c19-8-12-3-5-15(23-22-12)20-11-2-1-10-9-24(18(27)13(10)7-11)14-4-6-16(25)21-17(14)26/h1-3,5,7,14H,4,6,9H2,(H,20,23)(H,21,25,26). The van der Waals surface area contributed by atoms with Crippen LogP contribution in [0.15, 0.2) is 30.3 Å². The molecule has 9 nitrogen and oxygen atoms in total. The van der Waals surface area contributed by atoms with Crippen LogP contribution in [0.25, 0.3) is 0 Å². The Balaban J connectivity index is 1.53. The number of rotatable bonds is 3. The van der Waals surface area contributed by atoms with Gasteiger partial charge in [0, 0.05) is 24.2 Å². The first-order valence-corrected chi connectivity index (χ1v) is 8.33. The summed E-state index contributed by atoms with van der Waals surface area (Å²) in [4.78, 5) is 37.7. The van der Waals surface area contributed by atoms with Gasteiger partial charge in [-0.3, -0.25) is 19.7 Å². The number of aromatic nitrogens is 2. The molecule has 134 valence electrons. The van der Waals surface area contributed by atoms with Gasteiger partial charge in [0.1, 0.15) is 12.1 Å². The summed E-state index contributed by atoms with van der Waals surface area (Å²) in [6, 6.07) is 9.74. The molecule has 0 aliphatic carbocycles. The van der Waals surface area contributed by atoms with Crippen LogP contribution in [0.1, 0.15) is 34.5 Å². The van der Waals surface area contributed by atoms with E-state index in [1.54, 1.807) is 24.3 Å². The van der Waals surface area contributed by atoms with Gasteiger partial charge in [0.25, 0.3) is 5.91 Å². The van der Waals surface area contributed by atoms with Crippen LogP contribution in [-0.4, -0.2) is 38.9 Å². The van der Waals surface area contributed by atoms with E-state index in [-0.39, 0.29) is 23.9 Å². The fourth-order valence-electron chi connectivity index (χ4n) is 3.24. The third-order valence-electron chi connectivity index (χ3n) is 4.58. The number of nitrogens with one attached hydrogen (secondary N) is 2. The number of hydrogen-bond donors (Lipinski definition) is 2. The van der Waals surface area contributed by atoms with E-state index < -0.39 is 11.9 Å². The first-order chi connectivity index (χ1) is 13.0. The van der Waals surface area contributed by atoms with Gasteiger partial charge in [0.05, 0.1) is 0 Å². The molecular weight excluding hydrogens is 348 g/mol. The average Bonchev–Trinajstić information content (AvgIpc) is 2.99. The summed E-state index contributed by atoms with van der Waals surface area (Å²) in [5.41, 5.74) is 2.18. The second-order valence-corrected chi connectivity index (χ2v) is 6.31. The third kappa shape index (κ3) is 3.08. The topological polar surface area (TPSA) is 128 Å². The van der Waals surface area contributed by atoms with Gasteiger partial charge in [-0.1, -0.05) is 6.07 Å². The van der Waals surface area contributed by atoms with Crippen molar-refractivity contribution < 1.29 is 14.4 Å². The Kier molecular flexibility index (Phi) is 4.01.